The molecule has 0 spiro atoms. The minimum absolute atomic E-state index is 0. The molecule has 1 aromatic heterocycles. The summed E-state index contributed by atoms with van der Waals surface area (Å²) < 4.78 is 0. The van der Waals surface area contributed by atoms with Gasteiger partial charge in [0.05, 0.1) is 6.54 Å². The highest BCUT2D eigenvalue weighted by atomic mass is 127. The number of hydrogen-bond acceptors (Lipinski definition) is 3. The van der Waals surface area contributed by atoms with E-state index in [0.717, 1.165) is 44.9 Å². The first-order valence-corrected chi connectivity index (χ1v) is 9.58. The Morgan fingerprint density at radius 2 is 2.04 bits per heavy atom. The van der Waals surface area contributed by atoms with Gasteiger partial charge in [0.1, 0.15) is 0 Å². The zero-order chi connectivity index (χ0) is 17.1. The molecule has 1 heterocycles. The Morgan fingerprint density at radius 3 is 2.58 bits per heavy atom. The predicted molar refractivity (Wildman–Crippen MR) is 117 cm³/mol. The van der Waals surface area contributed by atoms with Gasteiger partial charge < -0.3 is 15.7 Å². The lowest BCUT2D eigenvalue weighted by molar-refractivity contribution is 0.251. The molecule has 0 aliphatic carbocycles. The highest BCUT2D eigenvalue weighted by Crippen LogP contribution is 2.27. The second kappa shape index (κ2) is 12.9. The summed E-state index contributed by atoms with van der Waals surface area (Å²) in [4.78, 5) is 6.13. The van der Waals surface area contributed by atoms with E-state index < -0.39 is 0 Å². The molecule has 0 amide bonds. The lowest BCUT2D eigenvalue weighted by Gasteiger charge is -2.23. The third-order valence-electron chi connectivity index (χ3n) is 3.96. The molecular weight excluding hydrogens is 433 g/mol. The topological polar surface area (TPSA) is 56.6 Å². The molecule has 6 heteroatoms. The van der Waals surface area contributed by atoms with E-state index in [-0.39, 0.29) is 36.0 Å². The molecule has 3 N–H and O–H groups in total. The number of guanidine groups is 1. The van der Waals surface area contributed by atoms with Crippen LogP contribution in [0.25, 0.3) is 0 Å². The van der Waals surface area contributed by atoms with Gasteiger partial charge in [-0.05, 0) is 37.1 Å². The van der Waals surface area contributed by atoms with Crippen LogP contribution in [0.3, 0.4) is 0 Å². The number of aliphatic hydroxyl groups is 1. The van der Waals surface area contributed by atoms with Crippen molar-refractivity contribution < 1.29 is 5.11 Å². The second-order valence-corrected chi connectivity index (χ2v) is 7.55. The van der Waals surface area contributed by atoms with Gasteiger partial charge >= 0.3 is 0 Å². The summed E-state index contributed by atoms with van der Waals surface area (Å²) in [6.45, 7) is 11.5. The summed E-state index contributed by atoms with van der Waals surface area (Å²) in [5, 5.41) is 18.1. The zero-order valence-corrected chi connectivity index (χ0v) is 18.6. The van der Waals surface area contributed by atoms with Gasteiger partial charge in [-0.2, -0.15) is 0 Å². The highest BCUT2D eigenvalue weighted by molar-refractivity contribution is 14.0. The molecule has 0 aliphatic heterocycles. The van der Waals surface area contributed by atoms with Crippen LogP contribution in [-0.4, -0.2) is 37.3 Å². The van der Waals surface area contributed by atoms with E-state index in [9.17, 15) is 5.11 Å². The molecule has 1 unspecified atom stereocenters. The minimum atomic E-state index is 0. The van der Waals surface area contributed by atoms with Crippen molar-refractivity contribution in [3.8, 4) is 0 Å². The van der Waals surface area contributed by atoms with Crippen LogP contribution >= 0.6 is 35.3 Å². The van der Waals surface area contributed by atoms with Gasteiger partial charge in [-0.1, -0.05) is 33.3 Å². The zero-order valence-electron chi connectivity index (χ0n) is 15.5. The van der Waals surface area contributed by atoms with Gasteiger partial charge in [-0.25, -0.2) is 0 Å². The summed E-state index contributed by atoms with van der Waals surface area (Å²) >= 11 is 1.79. The van der Waals surface area contributed by atoms with Gasteiger partial charge in [0.25, 0.3) is 0 Å². The van der Waals surface area contributed by atoms with E-state index in [0.29, 0.717) is 5.92 Å². The molecule has 0 aliphatic rings. The van der Waals surface area contributed by atoms with Crippen molar-refractivity contribution in [1.82, 2.24) is 10.6 Å². The average molecular weight is 467 g/mol. The maximum absolute atomic E-state index is 9.18. The molecule has 24 heavy (non-hydrogen) atoms. The Kier molecular flexibility index (Phi) is 12.8. The smallest absolute Gasteiger partial charge is 0.191 e. The van der Waals surface area contributed by atoms with E-state index >= 15 is 0 Å². The summed E-state index contributed by atoms with van der Waals surface area (Å²) in [6, 6.07) is 4.28. The number of aliphatic imine (C=N–C) groups is 1. The largest absolute Gasteiger partial charge is 0.396 e. The Morgan fingerprint density at radius 1 is 1.29 bits per heavy atom. The molecule has 0 saturated heterocycles. The summed E-state index contributed by atoms with van der Waals surface area (Å²) in [5.74, 6) is 1.37. The number of thiophene rings is 1. The number of nitrogens with zero attached hydrogens (tertiary/aromatic N) is 1. The fourth-order valence-corrected chi connectivity index (χ4v) is 3.38. The molecule has 0 fully saturated rings. The average Bonchev–Trinajstić information content (AvgIpc) is 3.05. The van der Waals surface area contributed by atoms with E-state index in [1.807, 2.05) is 0 Å². The first-order chi connectivity index (χ1) is 11.0. The van der Waals surface area contributed by atoms with Crippen LogP contribution in [-0.2, 0) is 5.41 Å². The van der Waals surface area contributed by atoms with Gasteiger partial charge in [0, 0.05) is 30.0 Å². The Labute approximate surface area is 168 Å². The number of nitrogens with one attached hydrogen (secondary N) is 2. The molecule has 0 radical (unpaired) electrons. The van der Waals surface area contributed by atoms with E-state index in [2.05, 4.69) is 55.8 Å². The van der Waals surface area contributed by atoms with Crippen molar-refractivity contribution in [1.29, 1.82) is 0 Å². The monoisotopic (exact) mass is 467 g/mol. The number of hydrogen-bond donors (Lipinski definition) is 3. The molecule has 1 aromatic rings. The molecule has 0 saturated carbocycles. The van der Waals surface area contributed by atoms with E-state index in [4.69, 9.17) is 4.99 Å². The second-order valence-electron chi connectivity index (χ2n) is 6.60. The fraction of sp³-hybridized carbons (Fsp3) is 0.722. The lowest BCUT2D eigenvalue weighted by Crippen LogP contribution is -2.40. The molecule has 0 bridgehead atoms. The summed E-state index contributed by atoms with van der Waals surface area (Å²) in [5.41, 5.74) is 0.0461. The van der Waals surface area contributed by atoms with Crippen LogP contribution in [0, 0.1) is 5.92 Å². The van der Waals surface area contributed by atoms with Crippen molar-refractivity contribution in [2.45, 2.75) is 52.4 Å². The van der Waals surface area contributed by atoms with E-state index in [1.54, 1.807) is 11.3 Å². The van der Waals surface area contributed by atoms with Gasteiger partial charge in [0.15, 0.2) is 5.96 Å². The van der Waals surface area contributed by atoms with Gasteiger partial charge in [0.2, 0.25) is 0 Å². The summed E-state index contributed by atoms with van der Waals surface area (Å²) in [6.07, 6.45) is 3.13. The van der Waals surface area contributed by atoms with Crippen LogP contribution in [0.15, 0.2) is 22.5 Å². The SMILES string of the molecule is CCCC(CCO)CNC(=NCC(C)(C)c1cccs1)NCC.I. The minimum Gasteiger partial charge on any atom is -0.396 e. The van der Waals surface area contributed by atoms with Crippen molar-refractivity contribution in [2.75, 3.05) is 26.2 Å². The van der Waals surface area contributed by atoms with Crippen molar-refractivity contribution in [3.63, 3.8) is 0 Å². The lowest BCUT2D eigenvalue weighted by atomic mass is 9.92. The van der Waals surface area contributed by atoms with Crippen LogP contribution in [0.1, 0.15) is 51.8 Å². The third kappa shape index (κ3) is 8.67. The Balaban J connectivity index is 0.00000529. The normalized spacial score (nSPS) is 13.3. The number of halogens is 1. The van der Waals surface area contributed by atoms with Crippen LogP contribution in [0.5, 0.6) is 0 Å². The number of rotatable bonds is 10. The Hall–Kier alpha value is -0.340. The standard InChI is InChI=1S/C18H33N3OS.HI/c1-5-8-15(10-11-22)13-20-17(19-6-2)21-14-18(3,4)16-9-7-12-23-16;/h7,9,12,15,22H,5-6,8,10-11,13-14H2,1-4H3,(H2,19,20,21);1H. The van der Waals surface area contributed by atoms with Crippen LogP contribution in [0.4, 0.5) is 0 Å². The van der Waals surface area contributed by atoms with Crippen LogP contribution in [0.2, 0.25) is 0 Å². The van der Waals surface area contributed by atoms with Crippen molar-refractivity contribution in [3.05, 3.63) is 22.4 Å². The highest BCUT2D eigenvalue weighted by Gasteiger charge is 2.21. The van der Waals surface area contributed by atoms with Gasteiger partial charge in [-0.3, -0.25) is 4.99 Å². The molecular formula is C18H34IN3OS. The molecule has 1 rings (SSSR count). The molecule has 1 atom stereocenters. The van der Waals surface area contributed by atoms with E-state index in [1.165, 1.54) is 4.88 Å². The number of aliphatic hydroxyl groups excluding tert-OH is 1. The fourth-order valence-electron chi connectivity index (χ4n) is 2.54. The maximum Gasteiger partial charge on any atom is 0.191 e. The van der Waals surface area contributed by atoms with Crippen LogP contribution < -0.4 is 10.6 Å². The molecule has 140 valence electrons. The quantitative estimate of drug-likeness (QED) is 0.277. The van der Waals surface area contributed by atoms with Gasteiger partial charge in [-0.15, -0.1) is 35.3 Å². The predicted octanol–water partition coefficient (Wildman–Crippen LogP) is 4.00. The first-order valence-electron chi connectivity index (χ1n) is 8.70. The van der Waals surface area contributed by atoms with Crippen molar-refractivity contribution >= 4 is 41.3 Å². The first kappa shape index (κ1) is 23.7. The summed E-state index contributed by atoms with van der Waals surface area (Å²) in [7, 11) is 0. The third-order valence-corrected chi connectivity index (χ3v) is 5.19. The molecule has 4 nitrogen and oxygen atoms in total. The Bertz CT molecular complexity index is 443. The maximum atomic E-state index is 9.18. The van der Waals surface area contributed by atoms with Crippen molar-refractivity contribution in [2.24, 2.45) is 10.9 Å². The molecule has 0 aromatic carbocycles.